The molecule has 6 heteroatoms. The largest absolute Gasteiger partial charge is 0.454 e. The van der Waals surface area contributed by atoms with E-state index in [1.807, 2.05) is 12.1 Å². The Kier molecular flexibility index (Phi) is 6.12. The van der Waals surface area contributed by atoms with Gasteiger partial charge in [-0.25, -0.2) is 0 Å². The molecule has 2 unspecified atom stereocenters. The molecule has 0 bridgehead atoms. The first-order chi connectivity index (χ1) is 17.4. The lowest BCUT2D eigenvalue weighted by molar-refractivity contribution is 0.173. The van der Waals surface area contributed by atoms with Gasteiger partial charge in [-0.05, 0) is 73.2 Å². The van der Waals surface area contributed by atoms with E-state index in [-0.39, 0.29) is 13.6 Å². The maximum absolute atomic E-state index is 6.10. The molecule has 2 aliphatic rings. The van der Waals surface area contributed by atoms with Gasteiger partial charge in [-0.1, -0.05) is 75.8 Å². The summed E-state index contributed by atoms with van der Waals surface area (Å²) in [5.41, 5.74) is 7.19. The average molecular weight is 514 g/mol. The van der Waals surface area contributed by atoms with Gasteiger partial charge in [0.2, 0.25) is 13.6 Å². The van der Waals surface area contributed by atoms with E-state index in [0.29, 0.717) is 17.2 Å². The molecule has 36 heavy (non-hydrogen) atoms. The van der Waals surface area contributed by atoms with Crippen LogP contribution in [-0.4, -0.2) is 13.6 Å². The highest BCUT2D eigenvalue weighted by atomic mass is 31.1. The van der Waals surface area contributed by atoms with Crippen LogP contribution < -0.4 is 40.2 Å². The Morgan fingerprint density at radius 3 is 1.28 bits per heavy atom. The maximum atomic E-state index is 6.10. The molecular formula is C30H28O4P2. The van der Waals surface area contributed by atoms with E-state index in [1.54, 1.807) is 0 Å². The van der Waals surface area contributed by atoms with Crippen LogP contribution in [0.5, 0.6) is 23.0 Å². The van der Waals surface area contributed by atoms with Crippen LogP contribution in [0.4, 0.5) is 0 Å². The third-order valence-corrected chi connectivity index (χ3v) is 8.86. The summed E-state index contributed by atoms with van der Waals surface area (Å²) in [6.45, 7) is 9.05. The molecule has 0 saturated carbocycles. The van der Waals surface area contributed by atoms with Crippen LogP contribution >= 0.6 is 17.2 Å². The summed E-state index contributed by atoms with van der Waals surface area (Å²) in [6, 6.07) is 21.9. The van der Waals surface area contributed by atoms with Gasteiger partial charge in [-0.15, -0.1) is 0 Å². The van der Waals surface area contributed by atoms with Crippen LogP contribution in [0, 0.1) is 27.7 Å². The fourth-order valence-electron chi connectivity index (χ4n) is 5.05. The SMILES string of the molecule is Cc1cc(C)cc(Pc2ccc3c(c2-c2c(Pc4cc(C)cc(C)c4)ccc4c2OCO4)OCO3)c1. The second-order valence-corrected chi connectivity index (χ2v) is 12.2. The summed E-state index contributed by atoms with van der Waals surface area (Å²) in [4.78, 5) is 0. The van der Waals surface area contributed by atoms with Gasteiger partial charge in [0.1, 0.15) is 0 Å². The monoisotopic (exact) mass is 514 g/mol. The summed E-state index contributed by atoms with van der Waals surface area (Å²) in [5, 5.41) is 5.02. The Balaban J connectivity index is 1.55. The van der Waals surface area contributed by atoms with Gasteiger partial charge in [-0.2, -0.15) is 0 Å². The Morgan fingerprint density at radius 2 is 0.889 bits per heavy atom. The average Bonchev–Trinajstić information content (AvgIpc) is 3.47. The minimum atomic E-state index is 0.222. The minimum Gasteiger partial charge on any atom is -0.454 e. The van der Waals surface area contributed by atoms with Crippen LogP contribution in [0.15, 0.2) is 60.7 Å². The lowest BCUT2D eigenvalue weighted by Crippen LogP contribution is -2.14. The summed E-state index contributed by atoms with van der Waals surface area (Å²) in [5.74, 6) is 3.13. The molecule has 0 radical (unpaired) electrons. The van der Waals surface area contributed by atoms with E-state index >= 15 is 0 Å². The molecule has 4 aromatic rings. The first kappa shape index (κ1) is 23.3. The van der Waals surface area contributed by atoms with Crippen molar-refractivity contribution in [1.82, 2.24) is 0 Å². The van der Waals surface area contributed by atoms with Crippen molar-refractivity contribution in [3.8, 4) is 34.1 Å². The Labute approximate surface area is 215 Å². The van der Waals surface area contributed by atoms with E-state index in [2.05, 4.69) is 76.2 Å². The lowest BCUT2D eigenvalue weighted by Gasteiger charge is -2.19. The quantitative estimate of drug-likeness (QED) is 0.339. The van der Waals surface area contributed by atoms with Crippen molar-refractivity contribution in [2.24, 2.45) is 0 Å². The van der Waals surface area contributed by atoms with E-state index in [0.717, 1.165) is 34.1 Å². The molecule has 4 aromatic carbocycles. The Bertz CT molecular complexity index is 1340. The Hall–Kier alpha value is -3.06. The van der Waals surface area contributed by atoms with E-state index in [9.17, 15) is 0 Å². The minimum absolute atomic E-state index is 0.222. The van der Waals surface area contributed by atoms with Crippen LogP contribution in [0.1, 0.15) is 22.3 Å². The molecule has 2 heterocycles. The van der Waals surface area contributed by atoms with Crippen molar-refractivity contribution in [2.45, 2.75) is 27.7 Å². The molecule has 182 valence electrons. The van der Waals surface area contributed by atoms with Gasteiger partial charge in [0, 0.05) is 11.1 Å². The lowest BCUT2D eigenvalue weighted by atomic mass is 10.0. The summed E-state index contributed by atoms with van der Waals surface area (Å²) < 4.78 is 23.9. The molecule has 6 rings (SSSR count). The molecule has 4 nitrogen and oxygen atoms in total. The van der Waals surface area contributed by atoms with Crippen molar-refractivity contribution < 1.29 is 18.9 Å². The maximum Gasteiger partial charge on any atom is 0.231 e. The number of hydrogen-bond donors (Lipinski definition) is 0. The number of aryl methyl sites for hydroxylation is 4. The predicted octanol–water partition coefficient (Wildman–Crippen LogP) is 5.30. The van der Waals surface area contributed by atoms with E-state index in [4.69, 9.17) is 18.9 Å². The van der Waals surface area contributed by atoms with Gasteiger partial charge in [-0.3, -0.25) is 0 Å². The topological polar surface area (TPSA) is 36.9 Å². The van der Waals surface area contributed by atoms with Crippen LogP contribution in [0.2, 0.25) is 0 Å². The smallest absolute Gasteiger partial charge is 0.231 e. The summed E-state index contributed by atoms with van der Waals surface area (Å²) in [7, 11) is 0.928. The normalized spacial score (nSPS) is 14.0. The third kappa shape index (κ3) is 4.45. The molecule has 0 aliphatic carbocycles. The van der Waals surface area contributed by atoms with E-state index < -0.39 is 0 Å². The van der Waals surface area contributed by atoms with Gasteiger partial charge in [0.05, 0.1) is 0 Å². The first-order valence-corrected chi connectivity index (χ1v) is 14.0. The molecule has 0 amide bonds. The fourth-order valence-corrected chi connectivity index (χ4v) is 7.94. The molecule has 0 aromatic heterocycles. The molecule has 0 spiro atoms. The highest BCUT2D eigenvalue weighted by Crippen LogP contribution is 2.49. The molecule has 0 saturated heterocycles. The van der Waals surface area contributed by atoms with E-state index in [1.165, 1.54) is 43.5 Å². The van der Waals surface area contributed by atoms with Crippen LogP contribution in [0.3, 0.4) is 0 Å². The van der Waals surface area contributed by atoms with Gasteiger partial charge >= 0.3 is 0 Å². The van der Waals surface area contributed by atoms with Gasteiger partial charge < -0.3 is 18.9 Å². The summed E-state index contributed by atoms with van der Waals surface area (Å²) in [6.07, 6.45) is 0. The van der Waals surface area contributed by atoms with Crippen molar-refractivity contribution in [1.29, 1.82) is 0 Å². The number of benzene rings is 4. The number of hydrogen-bond acceptors (Lipinski definition) is 4. The highest BCUT2D eigenvalue weighted by molar-refractivity contribution is 7.56. The van der Waals surface area contributed by atoms with Gasteiger partial charge in [0.15, 0.2) is 23.0 Å². The standard InChI is InChI=1S/C30H28O4P2/c1-17-9-18(2)12-21(11-17)35-25-7-5-23-29(33-15-31-23)27(25)28-26(8-6-24-30(28)34-16-32-24)36-22-13-19(3)10-20(4)14-22/h5-14,35-36H,15-16H2,1-4H3. The predicted molar refractivity (Wildman–Crippen MR) is 151 cm³/mol. The van der Waals surface area contributed by atoms with Crippen LogP contribution in [0.25, 0.3) is 11.1 Å². The molecule has 0 fully saturated rings. The number of fused-ring (bicyclic) bond motifs is 2. The zero-order valence-electron chi connectivity index (χ0n) is 20.8. The second-order valence-electron chi connectivity index (χ2n) is 9.45. The molecular weight excluding hydrogens is 486 g/mol. The Morgan fingerprint density at radius 1 is 0.500 bits per heavy atom. The molecule has 2 atom stereocenters. The van der Waals surface area contributed by atoms with Crippen LogP contribution in [-0.2, 0) is 0 Å². The molecule has 2 aliphatic heterocycles. The zero-order chi connectivity index (χ0) is 24.8. The van der Waals surface area contributed by atoms with Crippen molar-refractivity contribution >= 4 is 38.4 Å². The van der Waals surface area contributed by atoms with Gasteiger partial charge in [0.25, 0.3) is 0 Å². The first-order valence-electron chi connectivity index (χ1n) is 12.0. The van der Waals surface area contributed by atoms with Crippen molar-refractivity contribution in [3.05, 3.63) is 82.9 Å². The number of rotatable bonds is 5. The zero-order valence-corrected chi connectivity index (χ0v) is 22.8. The van der Waals surface area contributed by atoms with Crippen molar-refractivity contribution in [2.75, 3.05) is 13.6 Å². The second kappa shape index (κ2) is 9.43. The van der Waals surface area contributed by atoms with Crippen molar-refractivity contribution in [3.63, 3.8) is 0 Å². The fraction of sp³-hybridized carbons (Fsp3) is 0.200. The third-order valence-electron chi connectivity index (χ3n) is 6.33. The number of ether oxygens (including phenoxy) is 4. The summed E-state index contributed by atoms with van der Waals surface area (Å²) >= 11 is 0. The highest BCUT2D eigenvalue weighted by Gasteiger charge is 2.30. The molecule has 0 N–H and O–H groups in total.